The Balaban J connectivity index is 0.000000113. The van der Waals surface area contributed by atoms with E-state index in [1.165, 1.54) is 72.3 Å². The lowest BCUT2D eigenvalue weighted by molar-refractivity contribution is 0.656. The molecule has 0 saturated heterocycles. The van der Waals surface area contributed by atoms with Gasteiger partial charge in [0.25, 0.3) is 0 Å². The van der Waals surface area contributed by atoms with Crippen LogP contribution >= 0.6 is 0 Å². The number of hydrogen-bond acceptors (Lipinski definition) is 12. The SMILES string of the molecule is C=C/C=C(\C=C)c1cccc(-c2nc(-c3ccccc3)nc(-c3cccc4c3oc3ccc5c(c34)-c3ccccc3C5(C)C)n2)c1.CC1(C)c2ccccc2-c2c1ccc1oc3c(-c4nc(-c5ccccc5)nc(-c5ccc(-c6ccccc6)cc5)n4)cccc3c21.CC1(C)c2ccccc2-c2c1ccc1oc3c(-c4nc(-c5ccccc5)nc(-c5ccccc5-c5ccccc5)n4)cccc3c21. The number of furan rings is 3. The Kier molecular flexibility index (Phi) is 20.3. The number of allylic oxidation sites excluding steroid dienone is 4. The first-order valence-corrected chi connectivity index (χ1v) is 46.7. The molecule has 6 heterocycles. The molecule has 6 aromatic heterocycles. The highest BCUT2D eigenvalue weighted by Gasteiger charge is 2.41. The molecule has 0 radical (unpaired) electrons. The van der Waals surface area contributed by atoms with Crippen LogP contribution in [0.3, 0.4) is 0 Å². The first-order chi connectivity index (χ1) is 67.6. The van der Waals surface area contributed by atoms with Gasteiger partial charge in [0.15, 0.2) is 52.4 Å². The molecule has 138 heavy (non-hydrogen) atoms. The molecule has 0 atom stereocenters. The fourth-order valence-electron chi connectivity index (χ4n) is 21.0. The largest absolute Gasteiger partial charge is 0.455 e. The van der Waals surface area contributed by atoms with E-state index in [9.17, 15) is 0 Å². The monoisotopic (exact) mass is 1780 g/mol. The molecule has 23 aromatic rings. The number of rotatable bonds is 14. The van der Waals surface area contributed by atoms with Gasteiger partial charge in [-0.3, -0.25) is 0 Å². The van der Waals surface area contributed by atoms with Gasteiger partial charge >= 0.3 is 0 Å². The van der Waals surface area contributed by atoms with Crippen molar-refractivity contribution in [3.05, 3.63) is 459 Å². The van der Waals surface area contributed by atoms with E-state index < -0.39 is 0 Å². The van der Waals surface area contributed by atoms with Gasteiger partial charge in [0.1, 0.15) is 33.5 Å². The maximum absolute atomic E-state index is 6.73. The summed E-state index contributed by atoms with van der Waals surface area (Å²) in [4.78, 5) is 45.4. The summed E-state index contributed by atoms with van der Waals surface area (Å²) < 4.78 is 20.1. The third-order valence-electron chi connectivity index (χ3n) is 27.8. The Hall–Kier alpha value is -17.6. The lowest BCUT2D eigenvalue weighted by atomic mass is 9.82. The molecule has 0 amide bonds. The van der Waals surface area contributed by atoms with Crippen molar-refractivity contribution in [1.82, 2.24) is 44.9 Å². The van der Waals surface area contributed by atoms with Crippen LogP contribution < -0.4 is 0 Å². The second-order valence-corrected chi connectivity index (χ2v) is 37.0. The molecule has 17 aromatic carbocycles. The van der Waals surface area contributed by atoms with Crippen molar-refractivity contribution < 1.29 is 13.3 Å². The minimum Gasteiger partial charge on any atom is -0.455 e. The molecule has 0 fully saturated rings. The molecule has 656 valence electrons. The summed E-state index contributed by atoms with van der Waals surface area (Å²) in [6.45, 7) is 21.7. The van der Waals surface area contributed by atoms with Crippen molar-refractivity contribution in [1.29, 1.82) is 0 Å². The van der Waals surface area contributed by atoms with Crippen LogP contribution in [0.4, 0.5) is 0 Å². The molecule has 3 aliphatic carbocycles. The summed E-state index contributed by atoms with van der Waals surface area (Å²) in [6, 6.07) is 134. The Bertz CT molecular complexity index is 8880. The molecule has 0 bridgehead atoms. The molecule has 12 nitrogen and oxygen atoms in total. The van der Waals surface area contributed by atoms with Crippen LogP contribution in [0, 0.1) is 0 Å². The smallest absolute Gasteiger partial charge is 0.167 e. The Morgan fingerprint density at radius 3 is 0.862 bits per heavy atom. The average Bonchev–Trinajstić information content (AvgIpc) is 1.55. The van der Waals surface area contributed by atoms with E-state index in [1.807, 2.05) is 146 Å². The minimum absolute atomic E-state index is 0.0922. The van der Waals surface area contributed by atoms with Gasteiger partial charge in [0, 0.05) is 81.9 Å². The summed E-state index contributed by atoms with van der Waals surface area (Å²) >= 11 is 0. The molecule has 0 N–H and O–H groups in total. The first-order valence-electron chi connectivity index (χ1n) is 46.7. The van der Waals surface area contributed by atoms with E-state index in [-0.39, 0.29) is 16.2 Å². The van der Waals surface area contributed by atoms with Crippen LogP contribution in [0.2, 0.25) is 0 Å². The summed E-state index contributed by atoms with van der Waals surface area (Å²) in [5.41, 5.74) is 34.7. The Morgan fingerprint density at radius 2 is 0.493 bits per heavy atom. The maximum atomic E-state index is 6.73. The lowest BCUT2D eigenvalue weighted by Crippen LogP contribution is -2.14. The van der Waals surface area contributed by atoms with Crippen LogP contribution in [0.5, 0.6) is 0 Å². The standard InChI is InChI=1S/2C42H29N3O.C42H31N3O/c1-42(2)33-23-12-11-20-30(33)36-34(42)24-25-35-37(36)31-21-13-22-32(38(31)46-35)41-44-39(27-16-7-4-8-17-27)43-40(45-41)29-19-10-9-18-28(29)26-14-5-3-6-15-26;1-42(2)33-19-10-9-16-30(33)36-34(42)24-25-35-37(36)31-17-11-18-32(38(31)46-35)41-44-39(28-14-7-4-8-15-28)43-40(45-41)29-22-20-27(21-23-29)26-12-5-3-6-13-26;1-5-14-26(6-2)28-17-12-18-29(25-28)40-43-39(27-15-8-7-9-16-27)44-41(45-40)32-21-13-20-31-37-35(46-38(31)32)24-23-34-36(37)30-19-10-11-22-33(30)42(34,3)4/h2*3-25H,1-2H3;5-25H,1-2H2,3-4H3/b;;26-14+. The number of aromatic nitrogens is 9. The molecular weight excluding hydrogens is 1690 g/mol. The zero-order valence-electron chi connectivity index (χ0n) is 76.8. The fraction of sp³-hybridized carbons (Fsp3) is 0.0714. The number of nitrogens with zero attached hydrogens (tertiary/aromatic N) is 9. The highest BCUT2D eigenvalue weighted by Crippen LogP contribution is 2.58. The predicted molar refractivity (Wildman–Crippen MR) is 562 cm³/mol. The normalized spacial score (nSPS) is 13.3. The molecule has 3 aliphatic rings. The number of hydrogen-bond donors (Lipinski definition) is 0. The van der Waals surface area contributed by atoms with Crippen LogP contribution in [0.25, 0.3) is 230 Å². The fourth-order valence-corrected chi connectivity index (χ4v) is 21.0. The lowest BCUT2D eigenvalue weighted by Gasteiger charge is -2.21. The van der Waals surface area contributed by atoms with Gasteiger partial charge in [-0.2, -0.15) is 0 Å². The van der Waals surface area contributed by atoms with Crippen LogP contribution in [0.1, 0.15) is 80.5 Å². The molecule has 0 unspecified atom stereocenters. The van der Waals surface area contributed by atoms with Gasteiger partial charge in [0.2, 0.25) is 0 Å². The van der Waals surface area contributed by atoms with Crippen LogP contribution in [-0.4, -0.2) is 44.9 Å². The molecule has 12 heteroatoms. The predicted octanol–water partition coefficient (Wildman–Crippen LogP) is 32.3. The molecule has 0 saturated carbocycles. The topological polar surface area (TPSA) is 155 Å². The maximum Gasteiger partial charge on any atom is 0.167 e. The number of benzene rings is 17. The summed E-state index contributed by atoms with van der Waals surface area (Å²) in [5.74, 6) is 5.37. The van der Waals surface area contributed by atoms with Crippen molar-refractivity contribution in [2.45, 2.75) is 57.8 Å². The van der Waals surface area contributed by atoms with E-state index in [2.05, 4.69) is 309 Å². The van der Waals surface area contributed by atoms with Crippen molar-refractivity contribution in [3.8, 4) is 158 Å². The highest BCUT2D eigenvalue weighted by atomic mass is 16.3. The van der Waals surface area contributed by atoms with Gasteiger partial charge in [-0.05, 0) is 143 Å². The molecule has 26 rings (SSSR count). The van der Waals surface area contributed by atoms with Crippen molar-refractivity contribution >= 4 is 71.4 Å². The van der Waals surface area contributed by atoms with E-state index >= 15 is 0 Å². The summed E-state index contributed by atoms with van der Waals surface area (Å²) in [5, 5.41) is 6.58. The van der Waals surface area contributed by atoms with Crippen molar-refractivity contribution in [3.63, 3.8) is 0 Å². The average molecular weight is 1780 g/mol. The van der Waals surface area contributed by atoms with E-state index in [4.69, 9.17) is 58.1 Å². The van der Waals surface area contributed by atoms with Gasteiger partial charge in [0.05, 0.1) is 16.7 Å². The number of fused-ring (bicyclic) bond motifs is 21. The van der Waals surface area contributed by atoms with Crippen LogP contribution in [0.15, 0.2) is 433 Å². The van der Waals surface area contributed by atoms with Gasteiger partial charge < -0.3 is 13.3 Å². The summed E-state index contributed by atoms with van der Waals surface area (Å²) in [6.07, 6.45) is 5.54. The first kappa shape index (κ1) is 83.5. The molecular formula is C126H89N9O3. The molecule has 0 spiro atoms. The zero-order valence-corrected chi connectivity index (χ0v) is 76.8. The second kappa shape index (κ2) is 33.5. The Labute approximate surface area is 798 Å². The van der Waals surface area contributed by atoms with E-state index in [1.54, 1.807) is 6.08 Å². The van der Waals surface area contributed by atoms with Crippen LogP contribution in [-0.2, 0) is 16.2 Å². The quantitative estimate of drug-likeness (QED) is 0.0951. The van der Waals surface area contributed by atoms with Crippen molar-refractivity contribution in [2.24, 2.45) is 0 Å². The van der Waals surface area contributed by atoms with Crippen molar-refractivity contribution in [2.75, 3.05) is 0 Å². The third kappa shape index (κ3) is 14.1. The second-order valence-electron chi connectivity index (χ2n) is 37.0. The molecule has 0 aliphatic heterocycles. The Morgan fingerprint density at radius 1 is 0.225 bits per heavy atom. The van der Waals surface area contributed by atoms with Gasteiger partial charge in [-0.25, -0.2) is 44.9 Å². The van der Waals surface area contributed by atoms with Gasteiger partial charge in [-0.1, -0.05) is 419 Å². The van der Waals surface area contributed by atoms with E-state index in [0.717, 1.165) is 144 Å². The zero-order chi connectivity index (χ0) is 93.1. The third-order valence-corrected chi connectivity index (χ3v) is 27.8. The minimum atomic E-state index is -0.101. The van der Waals surface area contributed by atoms with Gasteiger partial charge in [-0.15, -0.1) is 0 Å². The number of para-hydroxylation sites is 3. The summed E-state index contributed by atoms with van der Waals surface area (Å²) in [7, 11) is 0. The van der Waals surface area contributed by atoms with E-state index in [0.29, 0.717) is 52.4 Å². The highest BCUT2D eigenvalue weighted by molar-refractivity contribution is 6.20.